The van der Waals surface area contributed by atoms with Gasteiger partial charge in [0.05, 0.1) is 28.2 Å². The lowest BCUT2D eigenvalue weighted by atomic mass is 10.1. The Kier molecular flexibility index (Phi) is 6.33. The van der Waals surface area contributed by atoms with E-state index in [1.54, 1.807) is 0 Å². The van der Waals surface area contributed by atoms with Crippen molar-refractivity contribution in [2.75, 3.05) is 28.2 Å². The summed E-state index contributed by atoms with van der Waals surface area (Å²) in [6.45, 7) is 4.17. The lowest BCUT2D eigenvalue weighted by Crippen LogP contribution is -2.38. The highest BCUT2D eigenvalue weighted by molar-refractivity contribution is 5.22. The smallest absolute Gasteiger partial charge is 0.104 e. The van der Waals surface area contributed by atoms with Gasteiger partial charge >= 0.3 is 0 Å². The van der Waals surface area contributed by atoms with Crippen LogP contribution in [0.5, 0.6) is 0 Å². The Morgan fingerprint density at radius 3 is 0.929 bits per heavy atom. The second-order valence-corrected chi connectivity index (χ2v) is 9.29. The summed E-state index contributed by atoms with van der Waals surface area (Å²) in [4.78, 5) is 0. The predicted molar refractivity (Wildman–Crippen MR) is 118 cm³/mol. The van der Waals surface area contributed by atoms with E-state index in [1.165, 1.54) is 22.3 Å². The molecular weight excluding hydrogens is 340 g/mol. The maximum absolute atomic E-state index is 2.31. The Balaban J connectivity index is 1.59. The topological polar surface area (TPSA) is 0 Å². The van der Waals surface area contributed by atoms with Gasteiger partial charge in [0.1, 0.15) is 26.2 Å². The maximum atomic E-state index is 2.31. The molecule has 0 aromatic heterocycles. The molecule has 28 heavy (non-hydrogen) atoms. The third-order valence-electron chi connectivity index (χ3n) is 5.15. The summed E-state index contributed by atoms with van der Waals surface area (Å²) in [7, 11) is 9.23. The molecule has 3 aromatic carbocycles. The first-order valence-electron chi connectivity index (χ1n) is 10.1. The van der Waals surface area contributed by atoms with Crippen LogP contribution >= 0.6 is 0 Å². The molecular formula is C26H34N2+2. The first kappa shape index (κ1) is 20.3. The molecule has 0 aliphatic rings. The number of benzene rings is 3. The molecule has 0 heterocycles. The van der Waals surface area contributed by atoms with Crippen LogP contribution in [0.15, 0.2) is 84.9 Å². The van der Waals surface area contributed by atoms with Crippen molar-refractivity contribution in [3.05, 3.63) is 107 Å². The van der Waals surface area contributed by atoms with Crippen molar-refractivity contribution in [3.8, 4) is 0 Å². The van der Waals surface area contributed by atoms with Gasteiger partial charge in [0.2, 0.25) is 0 Å². The molecule has 0 bridgehead atoms. The first-order chi connectivity index (χ1) is 13.3. The van der Waals surface area contributed by atoms with Crippen molar-refractivity contribution >= 4 is 0 Å². The molecule has 0 saturated heterocycles. The molecule has 146 valence electrons. The Labute approximate surface area is 170 Å². The molecule has 3 rings (SSSR count). The summed E-state index contributed by atoms with van der Waals surface area (Å²) in [6, 6.07) is 30.8. The molecule has 0 amide bonds. The molecule has 0 radical (unpaired) electrons. The molecule has 0 saturated carbocycles. The highest BCUT2D eigenvalue weighted by Gasteiger charge is 2.19. The van der Waals surface area contributed by atoms with E-state index >= 15 is 0 Å². The van der Waals surface area contributed by atoms with Gasteiger partial charge in [-0.1, -0.05) is 84.9 Å². The minimum Gasteiger partial charge on any atom is -0.321 e. The Morgan fingerprint density at radius 2 is 0.643 bits per heavy atom. The van der Waals surface area contributed by atoms with Crippen molar-refractivity contribution in [2.24, 2.45) is 0 Å². The van der Waals surface area contributed by atoms with E-state index in [9.17, 15) is 0 Å². The largest absolute Gasteiger partial charge is 0.321 e. The second kappa shape index (κ2) is 8.72. The minimum absolute atomic E-state index is 0.957. The lowest BCUT2D eigenvalue weighted by molar-refractivity contribution is -0.917. The number of rotatable bonds is 8. The molecule has 0 aliphatic carbocycles. The van der Waals surface area contributed by atoms with E-state index in [4.69, 9.17) is 0 Å². The van der Waals surface area contributed by atoms with Crippen LogP contribution in [0.4, 0.5) is 0 Å². The minimum atomic E-state index is 0.957. The summed E-state index contributed by atoms with van der Waals surface area (Å²) >= 11 is 0. The van der Waals surface area contributed by atoms with E-state index in [1.807, 2.05) is 0 Å². The third kappa shape index (κ3) is 6.33. The van der Waals surface area contributed by atoms with Crippen LogP contribution in [0.1, 0.15) is 22.3 Å². The van der Waals surface area contributed by atoms with Crippen LogP contribution in [0.25, 0.3) is 0 Å². The van der Waals surface area contributed by atoms with Gasteiger partial charge in [-0.25, -0.2) is 0 Å². The van der Waals surface area contributed by atoms with Crippen LogP contribution in [0.2, 0.25) is 0 Å². The monoisotopic (exact) mass is 374 g/mol. The molecule has 2 heteroatoms. The molecule has 0 atom stereocenters. The van der Waals surface area contributed by atoms with Gasteiger partial charge in [0, 0.05) is 22.3 Å². The first-order valence-corrected chi connectivity index (χ1v) is 10.1. The second-order valence-electron chi connectivity index (χ2n) is 9.29. The number of hydrogen-bond acceptors (Lipinski definition) is 0. The Morgan fingerprint density at radius 1 is 0.393 bits per heavy atom. The number of quaternary nitrogens is 2. The van der Waals surface area contributed by atoms with Crippen molar-refractivity contribution in [2.45, 2.75) is 26.2 Å². The van der Waals surface area contributed by atoms with Crippen molar-refractivity contribution in [3.63, 3.8) is 0 Å². The van der Waals surface area contributed by atoms with Crippen LogP contribution in [0.3, 0.4) is 0 Å². The standard InChI is InChI=1S/C26H34N2/c1-27(2,19-23-11-7-5-8-12-23)21-25-15-17-26(18-16-25)22-28(3,4)20-24-13-9-6-10-14-24/h5-18H,19-22H2,1-4H3/q+2. The number of hydrogen-bond donors (Lipinski definition) is 0. The SMILES string of the molecule is C[N+](C)(Cc1ccccc1)Cc1ccc(C[N+](C)(C)Cc2ccccc2)cc1. The molecule has 3 aromatic rings. The molecule has 2 nitrogen and oxygen atoms in total. The highest BCUT2D eigenvalue weighted by atomic mass is 15.3. The van der Waals surface area contributed by atoms with Crippen LogP contribution < -0.4 is 0 Å². The normalized spacial score (nSPS) is 12.1. The van der Waals surface area contributed by atoms with Crippen molar-refractivity contribution < 1.29 is 8.97 Å². The zero-order valence-electron chi connectivity index (χ0n) is 17.8. The zero-order valence-corrected chi connectivity index (χ0v) is 17.8. The van der Waals surface area contributed by atoms with E-state index in [0.717, 1.165) is 35.1 Å². The quantitative estimate of drug-likeness (QED) is 0.473. The predicted octanol–water partition coefficient (Wildman–Crippen LogP) is 5.24. The van der Waals surface area contributed by atoms with Crippen LogP contribution in [0, 0.1) is 0 Å². The summed E-state index contributed by atoms with van der Waals surface area (Å²) < 4.78 is 1.91. The fourth-order valence-corrected chi connectivity index (χ4v) is 4.01. The Hall–Kier alpha value is -2.42. The fraction of sp³-hybridized carbons (Fsp3) is 0.308. The number of nitrogens with zero attached hydrogens (tertiary/aromatic N) is 2. The van der Waals surface area contributed by atoms with Crippen LogP contribution in [-0.2, 0) is 26.2 Å². The molecule has 0 spiro atoms. The lowest BCUT2D eigenvalue weighted by Gasteiger charge is -2.31. The van der Waals surface area contributed by atoms with E-state index in [2.05, 4.69) is 113 Å². The summed E-state index contributed by atoms with van der Waals surface area (Å²) in [5, 5.41) is 0. The van der Waals surface area contributed by atoms with Gasteiger partial charge in [0.25, 0.3) is 0 Å². The van der Waals surface area contributed by atoms with E-state index < -0.39 is 0 Å². The molecule has 0 N–H and O–H groups in total. The summed E-state index contributed by atoms with van der Waals surface area (Å²) in [5.41, 5.74) is 5.59. The van der Waals surface area contributed by atoms with Gasteiger partial charge in [0.15, 0.2) is 0 Å². The Bertz CT molecular complexity index is 775. The van der Waals surface area contributed by atoms with Gasteiger partial charge in [-0.3, -0.25) is 0 Å². The van der Waals surface area contributed by atoms with Crippen molar-refractivity contribution in [1.29, 1.82) is 0 Å². The van der Waals surface area contributed by atoms with Crippen LogP contribution in [-0.4, -0.2) is 37.2 Å². The average molecular weight is 375 g/mol. The summed E-state index contributed by atoms with van der Waals surface area (Å²) in [6.07, 6.45) is 0. The zero-order chi connectivity index (χ0) is 20.0. The van der Waals surface area contributed by atoms with Gasteiger partial charge < -0.3 is 8.97 Å². The van der Waals surface area contributed by atoms with Gasteiger partial charge in [-0.2, -0.15) is 0 Å². The van der Waals surface area contributed by atoms with E-state index in [-0.39, 0.29) is 0 Å². The van der Waals surface area contributed by atoms with E-state index in [0.29, 0.717) is 0 Å². The molecule has 0 fully saturated rings. The summed E-state index contributed by atoms with van der Waals surface area (Å²) in [5.74, 6) is 0. The van der Waals surface area contributed by atoms with Crippen molar-refractivity contribution in [1.82, 2.24) is 0 Å². The van der Waals surface area contributed by atoms with Gasteiger partial charge in [-0.15, -0.1) is 0 Å². The van der Waals surface area contributed by atoms with Gasteiger partial charge in [-0.05, 0) is 0 Å². The fourth-order valence-electron chi connectivity index (χ4n) is 4.01. The molecule has 0 unspecified atom stereocenters. The maximum Gasteiger partial charge on any atom is 0.104 e. The average Bonchev–Trinajstić information content (AvgIpc) is 2.64. The highest BCUT2D eigenvalue weighted by Crippen LogP contribution is 2.18. The third-order valence-corrected chi connectivity index (χ3v) is 5.15. The molecule has 0 aliphatic heterocycles.